The Labute approximate surface area is 128 Å². The Bertz CT molecular complexity index is 473. The zero-order chi connectivity index (χ0) is 16.3. The molecule has 0 spiro atoms. The van der Waals surface area contributed by atoms with Crippen LogP contribution >= 0.6 is 0 Å². The second-order valence-corrected chi connectivity index (χ2v) is 7.11. The van der Waals surface area contributed by atoms with Crippen molar-refractivity contribution in [2.24, 2.45) is 5.73 Å². The molecule has 0 aliphatic heterocycles. The predicted molar refractivity (Wildman–Crippen MR) is 86.5 cm³/mol. The van der Waals surface area contributed by atoms with E-state index in [-0.39, 0.29) is 11.3 Å². The molecule has 21 heavy (non-hydrogen) atoms. The van der Waals surface area contributed by atoms with Crippen LogP contribution in [-0.2, 0) is 10.2 Å². The number of amides is 1. The van der Waals surface area contributed by atoms with E-state index in [4.69, 9.17) is 10.5 Å². The Balaban J connectivity index is 2.67. The molecular formula is C17H28N2O2. The van der Waals surface area contributed by atoms with Crippen molar-refractivity contribution in [2.45, 2.75) is 58.6 Å². The van der Waals surface area contributed by atoms with Crippen molar-refractivity contribution in [3.8, 4) is 5.75 Å². The summed E-state index contributed by atoms with van der Waals surface area (Å²) in [6, 6.07) is 7.87. The van der Waals surface area contributed by atoms with Crippen LogP contribution in [0.2, 0.25) is 0 Å². The summed E-state index contributed by atoms with van der Waals surface area (Å²) in [5.41, 5.74) is 6.52. The third-order valence-corrected chi connectivity index (χ3v) is 3.37. The number of hydrogen-bond acceptors (Lipinski definition) is 3. The average Bonchev–Trinajstić information content (AvgIpc) is 2.37. The molecule has 0 fully saturated rings. The van der Waals surface area contributed by atoms with Crippen LogP contribution < -0.4 is 15.8 Å². The minimum absolute atomic E-state index is 0.104. The van der Waals surface area contributed by atoms with E-state index in [1.807, 2.05) is 38.1 Å². The van der Waals surface area contributed by atoms with Crippen LogP contribution in [0.25, 0.3) is 0 Å². The molecule has 1 amide bonds. The highest BCUT2D eigenvalue weighted by Crippen LogP contribution is 2.24. The molecule has 118 valence electrons. The first-order chi connectivity index (χ1) is 9.55. The van der Waals surface area contributed by atoms with Gasteiger partial charge in [-0.15, -0.1) is 0 Å². The van der Waals surface area contributed by atoms with Gasteiger partial charge in [-0.2, -0.15) is 0 Å². The maximum absolute atomic E-state index is 12.1. The highest BCUT2D eigenvalue weighted by Gasteiger charge is 2.23. The van der Waals surface area contributed by atoms with E-state index in [1.54, 1.807) is 6.92 Å². The largest absolute Gasteiger partial charge is 0.481 e. The third-order valence-electron chi connectivity index (χ3n) is 3.37. The predicted octanol–water partition coefficient (Wildman–Crippen LogP) is 2.60. The molecule has 1 aromatic rings. The van der Waals surface area contributed by atoms with Gasteiger partial charge in [-0.1, -0.05) is 32.9 Å². The van der Waals surface area contributed by atoms with Crippen LogP contribution in [0.4, 0.5) is 0 Å². The number of rotatable bonds is 5. The molecule has 0 aliphatic rings. The molecule has 0 bridgehead atoms. The summed E-state index contributed by atoms with van der Waals surface area (Å²) >= 11 is 0. The molecular weight excluding hydrogens is 264 g/mol. The molecule has 1 unspecified atom stereocenters. The molecule has 0 heterocycles. The smallest absolute Gasteiger partial charge is 0.261 e. The van der Waals surface area contributed by atoms with Gasteiger partial charge in [0.2, 0.25) is 0 Å². The van der Waals surface area contributed by atoms with E-state index in [0.717, 1.165) is 0 Å². The molecule has 0 aliphatic carbocycles. The van der Waals surface area contributed by atoms with Crippen LogP contribution in [-0.4, -0.2) is 24.1 Å². The maximum Gasteiger partial charge on any atom is 0.261 e. The topological polar surface area (TPSA) is 64.3 Å². The lowest BCUT2D eigenvalue weighted by Gasteiger charge is -2.26. The molecule has 1 rings (SSSR count). The fourth-order valence-corrected chi connectivity index (χ4v) is 1.78. The summed E-state index contributed by atoms with van der Waals surface area (Å²) in [5.74, 6) is 0.529. The van der Waals surface area contributed by atoms with E-state index in [9.17, 15) is 4.79 Å². The number of ether oxygens (including phenoxy) is 1. The molecule has 3 N–H and O–H groups in total. The molecule has 0 saturated heterocycles. The number of nitrogens with two attached hydrogens (primary N) is 1. The van der Waals surface area contributed by atoms with E-state index in [0.29, 0.717) is 12.3 Å². The maximum atomic E-state index is 12.1. The monoisotopic (exact) mass is 292 g/mol. The SMILES string of the molecule is CC(Oc1ccc(C(C)(C)C)cc1)C(=O)NC(C)(C)CN. The summed E-state index contributed by atoms with van der Waals surface area (Å²) < 4.78 is 5.68. The quantitative estimate of drug-likeness (QED) is 0.877. The summed E-state index contributed by atoms with van der Waals surface area (Å²) in [7, 11) is 0. The van der Waals surface area contributed by atoms with Crippen molar-refractivity contribution >= 4 is 5.91 Å². The van der Waals surface area contributed by atoms with Crippen molar-refractivity contribution in [3.63, 3.8) is 0 Å². The molecule has 0 radical (unpaired) electrons. The lowest BCUT2D eigenvalue weighted by molar-refractivity contribution is -0.128. The Kier molecular flexibility index (Phi) is 5.40. The van der Waals surface area contributed by atoms with Crippen molar-refractivity contribution in [3.05, 3.63) is 29.8 Å². The summed E-state index contributed by atoms with van der Waals surface area (Å²) in [6.45, 7) is 12.4. The molecule has 1 aromatic carbocycles. The number of carbonyl (C=O) groups is 1. The van der Waals surface area contributed by atoms with E-state index >= 15 is 0 Å². The van der Waals surface area contributed by atoms with Crippen molar-refractivity contribution in [1.82, 2.24) is 5.32 Å². The Morgan fingerprint density at radius 1 is 1.19 bits per heavy atom. The highest BCUT2D eigenvalue weighted by atomic mass is 16.5. The number of hydrogen-bond donors (Lipinski definition) is 2. The second kappa shape index (κ2) is 6.48. The molecule has 4 nitrogen and oxygen atoms in total. The van der Waals surface area contributed by atoms with Crippen molar-refractivity contribution in [1.29, 1.82) is 0 Å². The zero-order valence-electron chi connectivity index (χ0n) is 14.0. The van der Waals surface area contributed by atoms with Gasteiger partial charge < -0.3 is 15.8 Å². The fourth-order valence-electron chi connectivity index (χ4n) is 1.78. The zero-order valence-corrected chi connectivity index (χ0v) is 14.0. The standard InChI is InChI=1S/C17H28N2O2/c1-12(15(20)19-17(5,6)11-18)21-14-9-7-13(8-10-14)16(2,3)4/h7-10,12H,11,18H2,1-6H3,(H,19,20). The van der Waals surface area contributed by atoms with E-state index in [2.05, 4.69) is 26.1 Å². The van der Waals surface area contributed by atoms with Gasteiger partial charge in [-0.05, 0) is 43.9 Å². The fraction of sp³-hybridized carbons (Fsp3) is 0.588. The van der Waals surface area contributed by atoms with Gasteiger partial charge in [0.25, 0.3) is 5.91 Å². The van der Waals surface area contributed by atoms with Gasteiger partial charge in [0.15, 0.2) is 6.10 Å². The summed E-state index contributed by atoms with van der Waals surface area (Å²) in [5, 5.41) is 2.87. The van der Waals surface area contributed by atoms with Crippen molar-refractivity contribution < 1.29 is 9.53 Å². The van der Waals surface area contributed by atoms with Gasteiger partial charge in [0.1, 0.15) is 5.75 Å². The number of nitrogens with one attached hydrogen (secondary N) is 1. The minimum atomic E-state index is -0.559. The van der Waals surface area contributed by atoms with Crippen molar-refractivity contribution in [2.75, 3.05) is 6.54 Å². The first kappa shape index (κ1) is 17.5. The Morgan fingerprint density at radius 3 is 2.14 bits per heavy atom. The molecule has 0 aromatic heterocycles. The lowest BCUT2D eigenvalue weighted by Crippen LogP contribution is -2.52. The van der Waals surface area contributed by atoms with Gasteiger partial charge >= 0.3 is 0 Å². The van der Waals surface area contributed by atoms with Crippen LogP contribution in [0.1, 0.15) is 47.1 Å². The molecule has 0 saturated carbocycles. The molecule has 4 heteroatoms. The van der Waals surface area contributed by atoms with Crippen LogP contribution in [0.5, 0.6) is 5.75 Å². The number of carbonyl (C=O) groups excluding carboxylic acids is 1. The normalized spacial score (nSPS) is 13.7. The van der Waals surface area contributed by atoms with Crippen LogP contribution in [0, 0.1) is 0 Å². The third kappa shape index (κ3) is 5.38. The highest BCUT2D eigenvalue weighted by molar-refractivity contribution is 5.81. The summed E-state index contributed by atoms with van der Waals surface area (Å²) in [6.07, 6.45) is -0.559. The minimum Gasteiger partial charge on any atom is -0.481 e. The van der Waals surface area contributed by atoms with Gasteiger partial charge in [-0.25, -0.2) is 0 Å². The Morgan fingerprint density at radius 2 is 1.71 bits per heavy atom. The van der Waals surface area contributed by atoms with Crippen LogP contribution in [0.15, 0.2) is 24.3 Å². The number of benzene rings is 1. The summed E-state index contributed by atoms with van der Waals surface area (Å²) in [4.78, 5) is 12.1. The van der Waals surface area contributed by atoms with E-state index in [1.165, 1.54) is 5.56 Å². The van der Waals surface area contributed by atoms with E-state index < -0.39 is 11.6 Å². The van der Waals surface area contributed by atoms with Gasteiger partial charge in [0, 0.05) is 12.1 Å². The molecule has 1 atom stereocenters. The average molecular weight is 292 g/mol. The lowest BCUT2D eigenvalue weighted by atomic mass is 9.87. The van der Waals surface area contributed by atoms with Gasteiger partial charge in [0.05, 0.1) is 0 Å². The Hall–Kier alpha value is -1.55. The second-order valence-electron chi connectivity index (χ2n) is 7.11. The first-order valence-corrected chi connectivity index (χ1v) is 7.34. The van der Waals surface area contributed by atoms with Gasteiger partial charge in [-0.3, -0.25) is 4.79 Å². The first-order valence-electron chi connectivity index (χ1n) is 7.34. The van der Waals surface area contributed by atoms with Crippen LogP contribution in [0.3, 0.4) is 0 Å².